The molecular weight excluding hydrogens is 425 g/mol. The Hall–Kier alpha value is -2.69. The number of piperazine rings is 1. The van der Waals surface area contributed by atoms with E-state index < -0.39 is 21.9 Å². The number of halogens is 1. The maximum atomic E-state index is 13.8. The Morgan fingerprint density at radius 3 is 2.42 bits per heavy atom. The summed E-state index contributed by atoms with van der Waals surface area (Å²) < 4.78 is 52.2. The summed E-state index contributed by atoms with van der Waals surface area (Å²) in [5.74, 6) is 0.112. The van der Waals surface area contributed by atoms with Gasteiger partial charge >= 0.3 is 0 Å². The predicted molar refractivity (Wildman–Crippen MR) is 112 cm³/mol. The Labute approximate surface area is 180 Å². The van der Waals surface area contributed by atoms with Gasteiger partial charge in [-0.2, -0.15) is 4.31 Å². The van der Waals surface area contributed by atoms with Crippen LogP contribution in [0, 0.1) is 5.82 Å². The number of ether oxygens (including phenoxy) is 2. The smallest absolute Gasteiger partial charge is 0.243 e. The maximum Gasteiger partial charge on any atom is 0.243 e. The van der Waals surface area contributed by atoms with E-state index >= 15 is 0 Å². The molecule has 1 N–H and O–H groups in total. The van der Waals surface area contributed by atoms with Crippen LogP contribution in [-0.2, 0) is 14.8 Å². The lowest BCUT2D eigenvalue weighted by molar-refractivity contribution is -0.121. The van der Waals surface area contributed by atoms with E-state index in [4.69, 9.17) is 9.47 Å². The van der Waals surface area contributed by atoms with E-state index in [1.807, 2.05) is 4.90 Å². The van der Waals surface area contributed by atoms with Gasteiger partial charge in [0, 0.05) is 32.2 Å². The third-order valence-electron chi connectivity index (χ3n) is 5.48. The minimum absolute atomic E-state index is 0.124. The molecule has 31 heavy (non-hydrogen) atoms. The van der Waals surface area contributed by atoms with E-state index in [1.54, 1.807) is 25.1 Å². The van der Waals surface area contributed by atoms with Gasteiger partial charge in [-0.3, -0.25) is 9.69 Å². The van der Waals surface area contributed by atoms with E-state index in [0.717, 1.165) is 0 Å². The number of benzene rings is 2. The van der Waals surface area contributed by atoms with Crippen LogP contribution in [0.3, 0.4) is 0 Å². The molecule has 1 fully saturated rings. The van der Waals surface area contributed by atoms with Gasteiger partial charge in [0.05, 0.1) is 16.6 Å². The second kappa shape index (κ2) is 8.81. The van der Waals surface area contributed by atoms with Crippen molar-refractivity contribution in [1.82, 2.24) is 9.21 Å². The van der Waals surface area contributed by atoms with Gasteiger partial charge < -0.3 is 14.8 Å². The van der Waals surface area contributed by atoms with Crippen LogP contribution in [0.25, 0.3) is 0 Å². The van der Waals surface area contributed by atoms with Crippen molar-refractivity contribution in [1.29, 1.82) is 0 Å². The molecule has 8 nitrogen and oxygen atoms in total. The molecule has 166 valence electrons. The fourth-order valence-corrected chi connectivity index (χ4v) is 5.07. The Bertz CT molecular complexity index is 1070. The van der Waals surface area contributed by atoms with E-state index in [2.05, 4.69) is 5.32 Å². The van der Waals surface area contributed by atoms with Gasteiger partial charge in [-0.1, -0.05) is 12.1 Å². The fourth-order valence-electron chi connectivity index (χ4n) is 3.63. The number of amides is 1. The van der Waals surface area contributed by atoms with Crippen LogP contribution in [0.1, 0.15) is 6.92 Å². The molecule has 2 aliphatic heterocycles. The first-order valence-corrected chi connectivity index (χ1v) is 11.5. The zero-order chi connectivity index (χ0) is 22.0. The molecule has 1 amide bonds. The standard InChI is InChI=1S/C21H24FN3O5S/c1-15(21(26)23-18-5-3-2-4-17(18)22)24-8-10-25(11-9-24)31(27,28)16-6-7-19-20(14-16)30-13-12-29-19/h2-7,14-15H,8-13H2,1H3,(H,23,26)/t15-/m0/s1. The van der Waals surface area contributed by atoms with E-state index in [0.29, 0.717) is 37.8 Å². The molecule has 2 aromatic carbocycles. The highest BCUT2D eigenvalue weighted by molar-refractivity contribution is 7.89. The molecular formula is C21H24FN3O5S. The molecule has 2 aliphatic rings. The summed E-state index contributed by atoms with van der Waals surface area (Å²) in [5, 5.41) is 2.59. The van der Waals surface area contributed by atoms with E-state index in [1.165, 1.54) is 28.6 Å². The normalized spacial score (nSPS) is 18.4. The number of hydrogen-bond acceptors (Lipinski definition) is 6. The number of carbonyl (C=O) groups excluding carboxylic acids is 1. The Morgan fingerprint density at radius 1 is 1.03 bits per heavy atom. The summed E-state index contributed by atoms with van der Waals surface area (Å²) in [6.07, 6.45) is 0. The number of rotatable bonds is 5. The number of fused-ring (bicyclic) bond motifs is 1. The number of sulfonamides is 1. The average Bonchev–Trinajstić information content (AvgIpc) is 2.79. The van der Waals surface area contributed by atoms with Crippen LogP contribution < -0.4 is 14.8 Å². The van der Waals surface area contributed by atoms with Crippen molar-refractivity contribution in [2.24, 2.45) is 0 Å². The van der Waals surface area contributed by atoms with Crippen LogP contribution >= 0.6 is 0 Å². The van der Waals surface area contributed by atoms with Crippen molar-refractivity contribution in [3.05, 3.63) is 48.3 Å². The first-order chi connectivity index (χ1) is 14.9. The molecule has 2 aromatic rings. The Morgan fingerprint density at radius 2 is 1.71 bits per heavy atom. The highest BCUT2D eigenvalue weighted by Crippen LogP contribution is 2.33. The second-order valence-electron chi connectivity index (χ2n) is 7.39. The van der Waals surface area contributed by atoms with Gasteiger partial charge in [-0.25, -0.2) is 12.8 Å². The molecule has 0 saturated carbocycles. The van der Waals surface area contributed by atoms with Crippen LogP contribution in [0.4, 0.5) is 10.1 Å². The lowest BCUT2D eigenvalue weighted by Gasteiger charge is -2.36. The number of para-hydroxylation sites is 1. The van der Waals surface area contributed by atoms with Gasteiger partial charge in [0.2, 0.25) is 15.9 Å². The molecule has 10 heteroatoms. The molecule has 0 aromatic heterocycles. The van der Waals surface area contributed by atoms with Gasteiger partial charge in [-0.15, -0.1) is 0 Å². The molecule has 1 atom stereocenters. The lowest BCUT2D eigenvalue weighted by atomic mass is 10.2. The summed E-state index contributed by atoms with van der Waals surface area (Å²) in [6.45, 7) is 3.79. The zero-order valence-corrected chi connectivity index (χ0v) is 17.9. The molecule has 0 unspecified atom stereocenters. The van der Waals surface area contributed by atoms with E-state index in [9.17, 15) is 17.6 Å². The van der Waals surface area contributed by atoms with Crippen molar-refractivity contribution in [3.63, 3.8) is 0 Å². The molecule has 0 bridgehead atoms. The van der Waals surface area contributed by atoms with Gasteiger partial charge in [0.25, 0.3) is 0 Å². The fraction of sp³-hybridized carbons (Fsp3) is 0.381. The Balaban J connectivity index is 1.38. The van der Waals surface area contributed by atoms with Gasteiger partial charge in [0.15, 0.2) is 11.5 Å². The zero-order valence-electron chi connectivity index (χ0n) is 17.1. The van der Waals surface area contributed by atoms with Crippen molar-refractivity contribution in [2.75, 3.05) is 44.7 Å². The summed E-state index contributed by atoms with van der Waals surface area (Å²) in [7, 11) is -3.70. The monoisotopic (exact) mass is 449 g/mol. The molecule has 0 aliphatic carbocycles. The first-order valence-electron chi connectivity index (χ1n) is 10.1. The first kappa shape index (κ1) is 21.5. The highest BCUT2D eigenvalue weighted by atomic mass is 32.2. The average molecular weight is 450 g/mol. The number of nitrogens with zero attached hydrogens (tertiary/aromatic N) is 2. The van der Waals surface area contributed by atoms with Crippen molar-refractivity contribution in [3.8, 4) is 11.5 Å². The van der Waals surface area contributed by atoms with Crippen molar-refractivity contribution < 1.29 is 27.1 Å². The SMILES string of the molecule is C[C@@H](C(=O)Nc1ccccc1F)N1CCN(S(=O)(=O)c2ccc3c(c2)OCCO3)CC1. The highest BCUT2D eigenvalue weighted by Gasteiger charge is 2.32. The van der Waals surface area contributed by atoms with Crippen molar-refractivity contribution in [2.45, 2.75) is 17.9 Å². The van der Waals surface area contributed by atoms with Crippen LogP contribution in [0.5, 0.6) is 11.5 Å². The second-order valence-corrected chi connectivity index (χ2v) is 9.33. The number of carbonyl (C=O) groups is 1. The third-order valence-corrected chi connectivity index (χ3v) is 7.38. The van der Waals surface area contributed by atoms with Gasteiger partial charge in [-0.05, 0) is 31.2 Å². The van der Waals surface area contributed by atoms with Crippen LogP contribution in [-0.4, -0.2) is 69.0 Å². The molecule has 1 saturated heterocycles. The molecule has 0 radical (unpaired) electrons. The van der Waals surface area contributed by atoms with Crippen LogP contribution in [0.2, 0.25) is 0 Å². The van der Waals surface area contributed by atoms with Crippen molar-refractivity contribution >= 4 is 21.6 Å². The van der Waals surface area contributed by atoms with E-state index in [-0.39, 0.29) is 29.6 Å². The molecule has 2 heterocycles. The molecule has 4 rings (SSSR count). The summed E-state index contributed by atoms with van der Waals surface area (Å²) in [6, 6.07) is 10.0. The summed E-state index contributed by atoms with van der Waals surface area (Å²) >= 11 is 0. The number of anilines is 1. The maximum absolute atomic E-state index is 13.8. The molecule has 0 spiro atoms. The number of hydrogen-bond donors (Lipinski definition) is 1. The minimum atomic E-state index is -3.70. The topological polar surface area (TPSA) is 88.2 Å². The van der Waals surface area contributed by atoms with Crippen LogP contribution in [0.15, 0.2) is 47.4 Å². The summed E-state index contributed by atoms with van der Waals surface area (Å²) in [4.78, 5) is 14.6. The minimum Gasteiger partial charge on any atom is -0.486 e. The quantitative estimate of drug-likeness (QED) is 0.751. The number of nitrogens with one attached hydrogen (secondary N) is 1. The summed E-state index contributed by atoms with van der Waals surface area (Å²) in [5.41, 5.74) is 0.124. The Kier molecular flexibility index (Phi) is 6.12. The lowest BCUT2D eigenvalue weighted by Crippen LogP contribution is -2.53. The predicted octanol–water partition coefficient (Wildman–Crippen LogP) is 1.93. The third kappa shape index (κ3) is 4.51. The van der Waals surface area contributed by atoms with Gasteiger partial charge in [0.1, 0.15) is 19.0 Å². The largest absolute Gasteiger partial charge is 0.486 e.